The van der Waals surface area contributed by atoms with Crippen LogP contribution >= 0.6 is 12.8 Å². The summed E-state index contributed by atoms with van der Waals surface area (Å²) >= 11 is 4.27. The lowest BCUT2D eigenvalue weighted by atomic mass is 9.86. The highest BCUT2D eigenvalue weighted by Gasteiger charge is 2.32. The minimum absolute atomic E-state index is 0.0470. The third-order valence-corrected chi connectivity index (χ3v) is 4.65. The molecule has 1 aromatic carbocycles. The molecule has 1 amide bonds. The smallest absolute Gasteiger partial charge is 0.269 e. The van der Waals surface area contributed by atoms with Crippen molar-refractivity contribution >= 4 is 24.5 Å². The van der Waals surface area contributed by atoms with Gasteiger partial charge in [0.15, 0.2) is 11.5 Å². The van der Waals surface area contributed by atoms with Crippen LogP contribution in [0.3, 0.4) is 0 Å². The topological polar surface area (TPSA) is 93.5 Å². The van der Waals surface area contributed by atoms with Crippen LogP contribution in [0.2, 0.25) is 0 Å². The largest absolute Gasteiger partial charge is 0.504 e. The molecule has 0 radical (unpaired) electrons. The lowest BCUT2D eigenvalue weighted by Crippen LogP contribution is -2.34. The van der Waals surface area contributed by atoms with Gasteiger partial charge < -0.3 is 15.2 Å². The Bertz CT molecular complexity index is 894. The number of phenols is 1. The Morgan fingerprint density at radius 3 is 2.84 bits per heavy atom. The fraction of sp³-hybridized carbons (Fsp3) is 0.353. The molecular weight excluding hydrogens is 342 g/mol. The zero-order valence-corrected chi connectivity index (χ0v) is 14.8. The first-order valence-electron chi connectivity index (χ1n) is 7.98. The zero-order valence-electron chi connectivity index (χ0n) is 13.9. The summed E-state index contributed by atoms with van der Waals surface area (Å²) in [5.74, 6) is 0.332. The monoisotopic (exact) mass is 361 g/mol. The number of ether oxygens (including phenoxy) is 1. The third kappa shape index (κ3) is 3.09. The first-order chi connectivity index (χ1) is 12.0. The van der Waals surface area contributed by atoms with Gasteiger partial charge in [-0.15, -0.1) is 0 Å². The van der Waals surface area contributed by atoms with E-state index in [2.05, 4.69) is 23.1 Å². The second kappa shape index (κ2) is 6.79. The van der Waals surface area contributed by atoms with Gasteiger partial charge in [0.1, 0.15) is 11.6 Å². The highest BCUT2D eigenvalue weighted by atomic mass is 32.1. The average molecular weight is 361 g/mol. The molecule has 2 aromatic rings. The number of methoxy groups -OCH3 is 1. The van der Waals surface area contributed by atoms with Crippen molar-refractivity contribution in [1.29, 1.82) is 0 Å². The summed E-state index contributed by atoms with van der Waals surface area (Å²) in [5.41, 5.74) is 0.709. The normalized spacial score (nSPS) is 16.3. The molecule has 1 aliphatic heterocycles. The molecule has 0 saturated carbocycles. The van der Waals surface area contributed by atoms with E-state index in [0.29, 0.717) is 29.1 Å². The summed E-state index contributed by atoms with van der Waals surface area (Å²) in [4.78, 5) is 29.3. The number of rotatable bonds is 4. The summed E-state index contributed by atoms with van der Waals surface area (Å²) in [6, 6.07) is 4.84. The van der Waals surface area contributed by atoms with Crippen molar-refractivity contribution in [3.8, 4) is 11.5 Å². The second-order valence-corrected chi connectivity index (χ2v) is 6.29. The maximum Gasteiger partial charge on any atom is 0.269 e. The number of aromatic nitrogens is 2. The number of hydrogen-bond acceptors (Lipinski definition) is 6. The highest BCUT2D eigenvalue weighted by Crippen LogP contribution is 2.37. The van der Waals surface area contributed by atoms with E-state index in [1.165, 1.54) is 17.1 Å². The summed E-state index contributed by atoms with van der Waals surface area (Å²) in [7, 11) is 1.46. The summed E-state index contributed by atoms with van der Waals surface area (Å²) in [6.45, 7) is 1.97. The number of fused-ring (bicyclic) bond motifs is 1. The van der Waals surface area contributed by atoms with E-state index in [4.69, 9.17) is 4.74 Å². The fourth-order valence-corrected chi connectivity index (χ4v) is 3.30. The Labute approximate surface area is 150 Å². The first-order valence-corrected chi connectivity index (χ1v) is 8.38. The van der Waals surface area contributed by atoms with E-state index in [1.54, 1.807) is 12.1 Å². The Balaban J connectivity index is 2.16. The van der Waals surface area contributed by atoms with E-state index in [1.807, 2.05) is 6.92 Å². The first kappa shape index (κ1) is 17.3. The second-order valence-electron chi connectivity index (χ2n) is 5.89. The molecule has 3 rings (SSSR count). The van der Waals surface area contributed by atoms with Crippen molar-refractivity contribution in [2.24, 2.45) is 0 Å². The molecule has 8 heteroatoms. The van der Waals surface area contributed by atoms with Gasteiger partial charge in [0.05, 0.1) is 12.7 Å². The van der Waals surface area contributed by atoms with Crippen molar-refractivity contribution in [2.75, 3.05) is 12.4 Å². The van der Waals surface area contributed by atoms with E-state index in [9.17, 15) is 14.7 Å². The number of hydrogen-bond donors (Lipinski definition) is 3. The van der Waals surface area contributed by atoms with Crippen molar-refractivity contribution in [3.63, 3.8) is 0 Å². The number of phenolic OH excluding ortho intramolecular Hbond substituents is 1. The fourth-order valence-electron chi connectivity index (χ4n) is 3.04. The predicted octanol–water partition coefficient (Wildman–Crippen LogP) is 2.08. The van der Waals surface area contributed by atoms with Crippen LogP contribution < -0.4 is 15.6 Å². The number of nitrogens with one attached hydrogen (secondary N) is 1. The number of amides is 1. The van der Waals surface area contributed by atoms with Crippen molar-refractivity contribution in [1.82, 2.24) is 8.96 Å². The summed E-state index contributed by atoms with van der Waals surface area (Å²) in [6.07, 6.45) is 1.47. The molecule has 0 aliphatic carbocycles. The minimum Gasteiger partial charge on any atom is -0.504 e. The number of benzene rings is 1. The Morgan fingerprint density at radius 2 is 2.20 bits per heavy atom. The zero-order chi connectivity index (χ0) is 18.1. The molecule has 132 valence electrons. The van der Waals surface area contributed by atoms with Crippen LogP contribution in [0.25, 0.3) is 0 Å². The molecule has 2 N–H and O–H groups in total. The van der Waals surface area contributed by atoms with Crippen LogP contribution in [0, 0.1) is 0 Å². The van der Waals surface area contributed by atoms with Gasteiger partial charge in [0.2, 0.25) is 5.91 Å². The number of nitrogens with zero attached hydrogens (tertiary/aromatic N) is 2. The third-order valence-electron chi connectivity index (χ3n) is 4.24. The average Bonchev–Trinajstić information content (AvgIpc) is 2.58. The van der Waals surface area contributed by atoms with Gasteiger partial charge in [-0.25, -0.2) is 8.96 Å². The van der Waals surface area contributed by atoms with Crippen LogP contribution in [-0.4, -0.2) is 27.1 Å². The molecule has 0 bridgehead atoms. The van der Waals surface area contributed by atoms with Crippen LogP contribution in [0.5, 0.6) is 11.5 Å². The molecule has 0 fully saturated rings. The Morgan fingerprint density at radius 1 is 1.44 bits per heavy atom. The Hall–Kier alpha value is -2.48. The van der Waals surface area contributed by atoms with Crippen molar-refractivity contribution < 1.29 is 14.6 Å². The standard InChI is InChI=1S/C17H19N3O4S/c1-3-4-13-18-16-15(17(23)20(13)25)10(8-14(22)19-16)9-5-6-12(24-2)11(21)7-9/h5-7,10,21,25H,3-4,8H2,1-2H3,(H,19,22). The van der Waals surface area contributed by atoms with Crippen LogP contribution in [0.15, 0.2) is 23.0 Å². The number of anilines is 1. The van der Waals surface area contributed by atoms with Gasteiger partial charge in [0.25, 0.3) is 5.56 Å². The SMILES string of the molecule is CCCc1nc2c(c(=O)n1S)C(c1ccc(OC)c(O)c1)CC(=O)N2. The molecule has 2 heterocycles. The summed E-state index contributed by atoms with van der Waals surface area (Å²) in [5, 5.41) is 12.7. The van der Waals surface area contributed by atoms with E-state index in [-0.39, 0.29) is 29.5 Å². The molecule has 1 unspecified atom stereocenters. The van der Waals surface area contributed by atoms with Gasteiger partial charge in [-0.3, -0.25) is 9.59 Å². The predicted molar refractivity (Wildman–Crippen MR) is 96.6 cm³/mol. The van der Waals surface area contributed by atoms with E-state index < -0.39 is 5.92 Å². The van der Waals surface area contributed by atoms with Gasteiger partial charge in [-0.05, 0) is 24.1 Å². The molecule has 0 saturated heterocycles. The summed E-state index contributed by atoms with van der Waals surface area (Å²) < 4.78 is 6.28. The van der Waals surface area contributed by atoms with E-state index >= 15 is 0 Å². The van der Waals surface area contributed by atoms with Gasteiger partial charge in [-0.2, -0.15) is 0 Å². The van der Waals surface area contributed by atoms with Crippen molar-refractivity contribution in [2.45, 2.75) is 32.1 Å². The lowest BCUT2D eigenvalue weighted by Gasteiger charge is -2.25. The van der Waals surface area contributed by atoms with Gasteiger partial charge in [0, 0.05) is 18.8 Å². The number of thiol groups is 1. The van der Waals surface area contributed by atoms with Crippen LogP contribution in [0.1, 0.15) is 42.6 Å². The maximum atomic E-state index is 12.8. The number of carbonyl (C=O) groups excluding carboxylic acids is 1. The highest BCUT2D eigenvalue weighted by molar-refractivity contribution is 7.78. The van der Waals surface area contributed by atoms with Crippen molar-refractivity contribution in [3.05, 3.63) is 45.5 Å². The molecular formula is C17H19N3O4S. The lowest BCUT2D eigenvalue weighted by molar-refractivity contribution is -0.116. The maximum absolute atomic E-state index is 12.8. The minimum atomic E-state index is -0.505. The van der Waals surface area contributed by atoms with Gasteiger partial charge >= 0.3 is 0 Å². The number of aryl methyl sites for hydroxylation is 1. The number of aromatic hydroxyl groups is 1. The Kier molecular flexibility index (Phi) is 4.71. The van der Waals surface area contributed by atoms with Gasteiger partial charge in [-0.1, -0.05) is 25.8 Å². The molecule has 1 aromatic heterocycles. The molecule has 1 atom stereocenters. The quantitative estimate of drug-likeness (QED) is 0.725. The van der Waals surface area contributed by atoms with Crippen LogP contribution in [-0.2, 0) is 11.2 Å². The number of carbonyl (C=O) groups is 1. The van der Waals surface area contributed by atoms with E-state index in [0.717, 1.165) is 6.42 Å². The molecule has 1 aliphatic rings. The van der Waals surface area contributed by atoms with Crippen LogP contribution in [0.4, 0.5) is 5.82 Å². The molecule has 0 spiro atoms. The molecule has 7 nitrogen and oxygen atoms in total. The molecule has 25 heavy (non-hydrogen) atoms.